The molecule has 0 unspecified atom stereocenters. The number of benzene rings is 5. The van der Waals surface area contributed by atoms with Crippen molar-refractivity contribution in [2.24, 2.45) is 0 Å². The molecule has 0 saturated carbocycles. The van der Waals surface area contributed by atoms with Gasteiger partial charge in [-0.3, -0.25) is 4.57 Å². The second-order valence-corrected chi connectivity index (χ2v) is 11.2. The van der Waals surface area contributed by atoms with Gasteiger partial charge in [-0.15, -0.1) is 0 Å². The summed E-state index contributed by atoms with van der Waals surface area (Å²) in [5, 5.41) is 8.48. The van der Waals surface area contributed by atoms with Gasteiger partial charge < -0.3 is 4.40 Å². The molecule has 0 saturated heterocycles. The lowest BCUT2D eigenvalue weighted by molar-refractivity contribution is 1.01. The number of fused-ring (bicyclic) bond motifs is 13. The van der Waals surface area contributed by atoms with E-state index in [9.17, 15) is 0 Å². The van der Waals surface area contributed by atoms with Crippen molar-refractivity contribution < 1.29 is 0 Å². The summed E-state index contributed by atoms with van der Waals surface area (Å²) in [6.45, 7) is 0. The minimum absolute atomic E-state index is 0.645. The van der Waals surface area contributed by atoms with Crippen LogP contribution in [-0.4, -0.2) is 23.9 Å². The lowest BCUT2D eigenvalue weighted by Crippen LogP contribution is -2.03. The van der Waals surface area contributed by atoms with Crippen molar-refractivity contribution >= 4 is 70.9 Å². The van der Waals surface area contributed by atoms with Gasteiger partial charge in [0, 0.05) is 44.1 Å². The first kappa shape index (κ1) is 21.0. The fourth-order valence-electron chi connectivity index (χ4n) is 7.67. The second kappa shape index (κ2) is 7.09. The molecule has 5 heteroatoms. The van der Waals surface area contributed by atoms with Crippen molar-refractivity contribution in [1.82, 2.24) is 23.9 Å². The van der Waals surface area contributed by atoms with E-state index in [1.165, 1.54) is 54.4 Å². The largest absolute Gasteiger partial charge is 0.308 e. The lowest BCUT2D eigenvalue weighted by atomic mass is 10.0. The summed E-state index contributed by atoms with van der Waals surface area (Å²) in [6, 6.07) is 39.1. The third-order valence-corrected chi connectivity index (χ3v) is 9.27. The molecule has 0 radical (unpaired) electrons. The molecule has 5 nitrogen and oxygen atoms in total. The molecule has 0 spiro atoms. The molecular formula is C37H19N5. The predicted molar refractivity (Wildman–Crippen MR) is 171 cm³/mol. The van der Waals surface area contributed by atoms with Gasteiger partial charge in [0.2, 0.25) is 5.95 Å². The summed E-state index contributed by atoms with van der Waals surface area (Å²) >= 11 is 0. The molecule has 0 N–H and O–H groups in total. The predicted octanol–water partition coefficient (Wildman–Crippen LogP) is 8.92. The zero-order valence-corrected chi connectivity index (χ0v) is 22.2. The number of nitrogens with zero attached hydrogens (tertiary/aromatic N) is 5. The van der Waals surface area contributed by atoms with Crippen LogP contribution in [0, 0.1) is 0 Å². The molecule has 1 aliphatic rings. The van der Waals surface area contributed by atoms with Gasteiger partial charge in [-0.05, 0) is 41.5 Å². The van der Waals surface area contributed by atoms with E-state index in [4.69, 9.17) is 15.0 Å². The third kappa shape index (κ3) is 2.29. The van der Waals surface area contributed by atoms with E-state index >= 15 is 0 Å². The van der Waals surface area contributed by atoms with Gasteiger partial charge in [-0.25, -0.2) is 9.97 Å². The molecule has 11 rings (SSSR count). The van der Waals surface area contributed by atoms with Crippen molar-refractivity contribution in [3.8, 4) is 28.3 Å². The fourth-order valence-corrected chi connectivity index (χ4v) is 7.67. The molecule has 0 aliphatic heterocycles. The molecule has 0 atom stereocenters. The Labute approximate surface area is 238 Å². The first-order chi connectivity index (χ1) is 20.9. The Kier molecular flexibility index (Phi) is 3.54. The smallest absolute Gasteiger partial charge is 0.237 e. The van der Waals surface area contributed by atoms with E-state index < -0.39 is 0 Å². The van der Waals surface area contributed by atoms with E-state index in [-0.39, 0.29) is 0 Å². The zero-order chi connectivity index (χ0) is 27.1. The van der Waals surface area contributed by atoms with Crippen LogP contribution in [0.25, 0.3) is 99.3 Å². The van der Waals surface area contributed by atoms with Crippen LogP contribution in [-0.2, 0) is 0 Å². The number of pyridine rings is 1. The monoisotopic (exact) mass is 533 g/mol. The molecule has 0 amide bonds. The normalized spacial score (nSPS) is 12.8. The summed E-state index contributed by atoms with van der Waals surface area (Å²) in [5.41, 5.74) is 11.1. The van der Waals surface area contributed by atoms with Crippen LogP contribution in [0.1, 0.15) is 0 Å². The van der Waals surface area contributed by atoms with Gasteiger partial charge in [0.05, 0.1) is 38.7 Å². The van der Waals surface area contributed by atoms with Gasteiger partial charge in [-0.2, -0.15) is 4.98 Å². The van der Waals surface area contributed by atoms with Crippen LogP contribution < -0.4 is 0 Å². The Balaban J connectivity index is 1.39. The highest BCUT2D eigenvalue weighted by Crippen LogP contribution is 2.48. The molecule has 0 fully saturated rings. The molecule has 0 bridgehead atoms. The summed E-state index contributed by atoms with van der Waals surface area (Å²) < 4.78 is 4.69. The van der Waals surface area contributed by atoms with Gasteiger partial charge in [-0.1, -0.05) is 78.9 Å². The lowest BCUT2D eigenvalue weighted by Gasteiger charge is -2.09. The Hall–Kier alpha value is -5.81. The molecule has 192 valence electrons. The highest BCUT2D eigenvalue weighted by atomic mass is 15.2. The quantitative estimate of drug-likeness (QED) is 0.212. The first-order valence-corrected chi connectivity index (χ1v) is 14.2. The van der Waals surface area contributed by atoms with E-state index in [0.29, 0.717) is 5.95 Å². The number of aromatic nitrogens is 5. The highest BCUT2D eigenvalue weighted by molar-refractivity contribution is 6.35. The summed E-state index contributed by atoms with van der Waals surface area (Å²) in [6.07, 6.45) is 1.86. The van der Waals surface area contributed by atoms with Crippen LogP contribution in [0.5, 0.6) is 0 Å². The van der Waals surface area contributed by atoms with E-state index in [1.807, 2.05) is 6.20 Å². The molecule has 5 aromatic heterocycles. The Bertz CT molecular complexity index is 2800. The van der Waals surface area contributed by atoms with Gasteiger partial charge in [0.25, 0.3) is 0 Å². The molecule has 5 aromatic carbocycles. The molecule has 1 aliphatic carbocycles. The van der Waals surface area contributed by atoms with Crippen molar-refractivity contribution in [1.29, 1.82) is 0 Å². The summed E-state index contributed by atoms with van der Waals surface area (Å²) in [7, 11) is 0. The van der Waals surface area contributed by atoms with Crippen LogP contribution in [0.15, 0.2) is 115 Å². The highest BCUT2D eigenvalue weighted by Gasteiger charge is 2.28. The average Bonchev–Trinajstić information content (AvgIpc) is 3.76. The SMILES string of the molecule is c1ccc2c(c1)-c1ccnc3nc(-n4c5ccccc5c5c6c7ccccc7n7c8ccccc8c(cc54)c67)nc-2c13. The van der Waals surface area contributed by atoms with Crippen LogP contribution in [0.3, 0.4) is 0 Å². The zero-order valence-electron chi connectivity index (χ0n) is 22.2. The Morgan fingerprint density at radius 3 is 1.98 bits per heavy atom. The Morgan fingerprint density at radius 1 is 0.476 bits per heavy atom. The number of para-hydroxylation sites is 3. The van der Waals surface area contributed by atoms with E-state index in [1.54, 1.807) is 0 Å². The van der Waals surface area contributed by atoms with Gasteiger partial charge >= 0.3 is 0 Å². The topological polar surface area (TPSA) is 48.0 Å². The standard InChI is InChI=1S/C37H19N5/c1-2-11-23-20(9-1)22-17-18-38-36-33(22)34(23)39-37(40-36)42-29-16-8-4-12-24(29)31-30(42)19-26-21-10-3-6-14-27(21)41-28-15-7-5-13-25(28)32(31)35(26)41/h1-19H. The molecule has 10 aromatic rings. The van der Waals surface area contributed by atoms with E-state index in [2.05, 4.69) is 118 Å². The maximum absolute atomic E-state index is 5.31. The van der Waals surface area contributed by atoms with Crippen LogP contribution >= 0.6 is 0 Å². The van der Waals surface area contributed by atoms with Crippen molar-refractivity contribution in [3.05, 3.63) is 115 Å². The van der Waals surface area contributed by atoms with Gasteiger partial charge in [0.15, 0.2) is 5.65 Å². The van der Waals surface area contributed by atoms with Crippen molar-refractivity contribution in [3.63, 3.8) is 0 Å². The average molecular weight is 534 g/mol. The maximum atomic E-state index is 5.31. The number of rotatable bonds is 1. The van der Waals surface area contributed by atoms with Crippen LogP contribution in [0.2, 0.25) is 0 Å². The van der Waals surface area contributed by atoms with Crippen LogP contribution in [0.4, 0.5) is 0 Å². The molecule has 5 heterocycles. The maximum Gasteiger partial charge on any atom is 0.237 e. The Morgan fingerprint density at radius 2 is 1.14 bits per heavy atom. The molecule has 42 heavy (non-hydrogen) atoms. The minimum atomic E-state index is 0.645. The van der Waals surface area contributed by atoms with Crippen molar-refractivity contribution in [2.45, 2.75) is 0 Å². The van der Waals surface area contributed by atoms with Crippen molar-refractivity contribution in [2.75, 3.05) is 0 Å². The third-order valence-electron chi connectivity index (χ3n) is 9.27. The number of hydrogen-bond donors (Lipinski definition) is 0. The fraction of sp³-hybridized carbons (Fsp3) is 0. The number of hydrogen-bond acceptors (Lipinski definition) is 3. The second-order valence-electron chi connectivity index (χ2n) is 11.2. The van der Waals surface area contributed by atoms with E-state index in [0.717, 1.165) is 38.9 Å². The molecular weight excluding hydrogens is 514 g/mol. The first-order valence-electron chi connectivity index (χ1n) is 14.2. The van der Waals surface area contributed by atoms with Gasteiger partial charge in [0.1, 0.15) is 0 Å². The minimum Gasteiger partial charge on any atom is -0.308 e. The summed E-state index contributed by atoms with van der Waals surface area (Å²) in [5.74, 6) is 0.645. The summed E-state index contributed by atoms with van der Waals surface area (Å²) in [4.78, 5) is 15.2.